The molecule has 0 aliphatic carbocycles. The van der Waals surface area contributed by atoms with E-state index in [2.05, 4.69) is 209 Å². The maximum Gasteiger partial charge on any atom is 0.236 e. The average Bonchev–Trinajstić information content (AvgIpc) is 3.86. The summed E-state index contributed by atoms with van der Waals surface area (Å²) in [5, 5.41) is 6.99. The predicted octanol–water partition coefficient (Wildman–Crippen LogP) is 13.4. The van der Waals surface area contributed by atoms with E-state index in [9.17, 15) is 0 Å². The molecule has 0 aliphatic heterocycles. The van der Waals surface area contributed by atoms with E-state index >= 15 is 0 Å². The van der Waals surface area contributed by atoms with Crippen LogP contribution in [0.4, 0.5) is 0 Å². The molecular formula is C54H37N5. The van der Waals surface area contributed by atoms with E-state index in [4.69, 9.17) is 9.98 Å². The maximum absolute atomic E-state index is 5.36. The van der Waals surface area contributed by atoms with Crippen LogP contribution in [0.25, 0.3) is 82.2 Å². The second-order valence-corrected chi connectivity index (χ2v) is 14.9. The second-order valence-electron chi connectivity index (χ2n) is 14.9. The minimum atomic E-state index is 0.435. The van der Waals surface area contributed by atoms with Crippen molar-refractivity contribution < 1.29 is 0 Å². The fourth-order valence-electron chi connectivity index (χ4n) is 8.73. The lowest BCUT2D eigenvalue weighted by atomic mass is 10.0. The number of rotatable bonds is 5. The van der Waals surface area contributed by atoms with Gasteiger partial charge in [0.2, 0.25) is 5.96 Å². The zero-order valence-corrected chi connectivity index (χ0v) is 32.2. The van der Waals surface area contributed by atoms with Crippen LogP contribution in [0.2, 0.25) is 0 Å². The molecule has 0 amide bonds. The van der Waals surface area contributed by atoms with Crippen LogP contribution < -0.4 is 0 Å². The first kappa shape index (κ1) is 34.4. The minimum Gasteiger partial charge on any atom is -0.309 e. The van der Waals surface area contributed by atoms with Crippen LogP contribution in [0.1, 0.15) is 11.1 Å². The molecule has 8 aromatic carbocycles. The molecule has 0 fully saturated rings. The van der Waals surface area contributed by atoms with Crippen molar-refractivity contribution >= 4 is 78.4 Å². The highest BCUT2D eigenvalue weighted by Gasteiger charge is 2.20. The monoisotopic (exact) mass is 755 g/mol. The van der Waals surface area contributed by atoms with E-state index in [0.717, 1.165) is 55.1 Å². The molecule has 0 radical (unpaired) electrons. The number of para-hydroxylation sites is 3. The zero-order valence-electron chi connectivity index (χ0n) is 32.2. The molecule has 0 N–H and O–H groups in total. The van der Waals surface area contributed by atoms with Gasteiger partial charge in [-0.1, -0.05) is 152 Å². The second kappa shape index (κ2) is 14.2. The standard InChI is InChI=1S/C54H37N5/c1-55-54(57-53(42-24-15-23-40(31-42)38-19-6-3-7-20-38)56-35-36-16-14-22-39(30-36)37-17-4-2-5-18-37)59-50-29-13-10-26-44(50)46-33-47-45(34-52(46)59)43-25-9-12-28-49(43)58-48-27-11-8-21-41(48)32-51(47)58/h2-34H,1,35H2. The molecule has 11 aromatic rings. The van der Waals surface area contributed by atoms with Crippen molar-refractivity contribution in [1.29, 1.82) is 0 Å². The van der Waals surface area contributed by atoms with Crippen LogP contribution >= 0.6 is 0 Å². The average molecular weight is 756 g/mol. The molecule has 3 heterocycles. The molecular weight excluding hydrogens is 719 g/mol. The summed E-state index contributed by atoms with van der Waals surface area (Å²) < 4.78 is 4.55. The molecule has 0 saturated heterocycles. The number of hydrogen-bond acceptors (Lipinski definition) is 1. The van der Waals surface area contributed by atoms with Crippen molar-refractivity contribution in [1.82, 2.24) is 8.97 Å². The van der Waals surface area contributed by atoms with Gasteiger partial charge in [0.1, 0.15) is 0 Å². The van der Waals surface area contributed by atoms with Crippen LogP contribution in [-0.4, -0.2) is 27.5 Å². The van der Waals surface area contributed by atoms with Gasteiger partial charge in [-0.25, -0.2) is 4.99 Å². The summed E-state index contributed by atoms with van der Waals surface area (Å²) in [6.45, 7) is 4.56. The fraction of sp³-hybridized carbons (Fsp3) is 0.0185. The van der Waals surface area contributed by atoms with Crippen LogP contribution in [0.5, 0.6) is 0 Å². The fourth-order valence-corrected chi connectivity index (χ4v) is 8.73. The lowest BCUT2D eigenvalue weighted by molar-refractivity contribution is 1.06. The molecule has 5 heteroatoms. The number of aromatic nitrogens is 2. The lowest BCUT2D eigenvalue weighted by Gasteiger charge is -2.12. The Hall–Kier alpha value is -7.89. The Balaban J connectivity index is 1.14. The SMILES string of the molecule is C=NC(=NC(=NCc1cccc(-c2ccccc2)c1)c1cccc(-c2ccccc2)c1)n1c2ccccc2c2cc3c(cc21)c1ccccc1n1c2ccccc2cc31. The van der Waals surface area contributed by atoms with E-state index in [0.29, 0.717) is 18.3 Å². The summed E-state index contributed by atoms with van der Waals surface area (Å²) in [5.74, 6) is 1.03. The number of hydrogen-bond donors (Lipinski definition) is 0. The number of fused-ring (bicyclic) bond motifs is 11. The summed E-state index contributed by atoms with van der Waals surface area (Å²) in [5.41, 5.74) is 12.1. The largest absolute Gasteiger partial charge is 0.309 e. The van der Waals surface area contributed by atoms with Crippen LogP contribution in [0, 0.1) is 0 Å². The molecule has 0 aliphatic rings. The molecule has 5 nitrogen and oxygen atoms in total. The minimum absolute atomic E-state index is 0.435. The first-order valence-corrected chi connectivity index (χ1v) is 19.9. The van der Waals surface area contributed by atoms with Crippen molar-refractivity contribution in [3.05, 3.63) is 211 Å². The lowest BCUT2D eigenvalue weighted by Crippen LogP contribution is -2.13. The van der Waals surface area contributed by atoms with Gasteiger partial charge in [-0.2, -0.15) is 4.99 Å². The number of aliphatic imine (C=N–C) groups is 3. The Morgan fingerprint density at radius 2 is 1.02 bits per heavy atom. The third kappa shape index (κ3) is 5.91. The molecule has 11 rings (SSSR count). The van der Waals surface area contributed by atoms with Gasteiger partial charge < -0.3 is 4.40 Å². The molecule has 0 bridgehead atoms. The van der Waals surface area contributed by atoms with Gasteiger partial charge in [-0.3, -0.25) is 9.56 Å². The third-order valence-electron chi connectivity index (χ3n) is 11.5. The highest BCUT2D eigenvalue weighted by atomic mass is 15.2. The first-order chi connectivity index (χ1) is 29.2. The summed E-state index contributed by atoms with van der Waals surface area (Å²) in [6, 6.07) is 70.7. The molecule has 0 atom stereocenters. The quantitative estimate of drug-likeness (QED) is 0.0954. The Bertz CT molecular complexity index is 3480. The zero-order chi connectivity index (χ0) is 39.3. The highest BCUT2D eigenvalue weighted by molar-refractivity contribution is 6.24. The summed E-state index contributed by atoms with van der Waals surface area (Å²) in [4.78, 5) is 15.3. The molecule has 3 aromatic heterocycles. The van der Waals surface area contributed by atoms with Crippen LogP contribution in [-0.2, 0) is 6.54 Å². The Morgan fingerprint density at radius 3 is 1.76 bits per heavy atom. The van der Waals surface area contributed by atoms with E-state index in [1.807, 2.05) is 12.1 Å². The van der Waals surface area contributed by atoms with Crippen LogP contribution in [0.3, 0.4) is 0 Å². The number of amidine groups is 1. The van der Waals surface area contributed by atoms with Gasteiger partial charge in [0.15, 0.2) is 5.84 Å². The highest BCUT2D eigenvalue weighted by Crippen LogP contribution is 2.39. The third-order valence-corrected chi connectivity index (χ3v) is 11.5. The van der Waals surface area contributed by atoms with E-state index < -0.39 is 0 Å². The van der Waals surface area contributed by atoms with Crippen molar-refractivity contribution in [3.8, 4) is 22.3 Å². The first-order valence-electron chi connectivity index (χ1n) is 19.9. The molecule has 0 unspecified atom stereocenters. The van der Waals surface area contributed by atoms with Crippen LogP contribution in [0.15, 0.2) is 215 Å². The maximum atomic E-state index is 5.36. The topological polar surface area (TPSA) is 46.4 Å². The molecule has 278 valence electrons. The van der Waals surface area contributed by atoms with E-state index in [1.165, 1.54) is 38.1 Å². The number of pyridine rings is 1. The van der Waals surface area contributed by atoms with Crippen molar-refractivity contribution in [2.45, 2.75) is 6.54 Å². The molecule has 59 heavy (non-hydrogen) atoms. The Labute approximate surface area is 341 Å². The van der Waals surface area contributed by atoms with E-state index in [1.54, 1.807) is 0 Å². The van der Waals surface area contributed by atoms with Gasteiger partial charge in [-0.05, 0) is 88.5 Å². The van der Waals surface area contributed by atoms with Gasteiger partial charge in [0, 0.05) is 32.5 Å². The summed E-state index contributed by atoms with van der Waals surface area (Å²) in [7, 11) is 0. The molecule has 0 saturated carbocycles. The number of benzene rings is 8. The van der Waals surface area contributed by atoms with Gasteiger partial charge in [-0.15, -0.1) is 0 Å². The van der Waals surface area contributed by atoms with Gasteiger partial charge in [0.25, 0.3) is 0 Å². The predicted molar refractivity (Wildman–Crippen MR) is 249 cm³/mol. The Kier molecular flexibility index (Phi) is 8.30. The summed E-state index contributed by atoms with van der Waals surface area (Å²) in [6.07, 6.45) is 0. The van der Waals surface area contributed by atoms with E-state index in [-0.39, 0.29) is 0 Å². The summed E-state index contributed by atoms with van der Waals surface area (Å²) >= 11 is 0. The smallest absolute Gasteiger partial charge is 0.236 e. The normalized spacial score (nSPS) is 12.4. The van der Waals surface area contributed by atoms with Gasteiger partial charge >= 0.3 is 0 Å². The molecule has 0 spiro atoms. The Morgan fingerprint density at radius 1 is 0.424 bits per heavy atom. The number of nitrogens with zero attached hydrogens (tertiary/aromatic N) is 5. The van der Waals surface area contributed by atoms with Gasteiger partial charge in [0.05, 0.1) is 34.1 Å². The van der Waals surface area contributed by atoms with Crippen molar-refractivity contribution in [2.75, 3.05) is 0 Å². The van der Waals surface area contributed by atoms with Crippen molar-refractivity contribution in [3.63, 3.8) is 0 Å². The van der Waals surface area contributed by atoms with Crippen molar-refractivity contribution in [2.24, 2.45) is 15.0 Å².